The maximum absolute atomic E-state index is 10.3. The fourth-order valence-electron chi connectivity index (χ4n) is 2.41. The summed E-state index contributed by atoms with van der Waals surface area (Å²) in [5.74, 6) is -0.678. The van der Waals surface area contributed by atoms with Gasteiger partial charge in [0.25, 0.3) is 0 Å². The molecule has 110 valence electrons. The van der Waals surface area contributed by atoms with Crippen LogP contribution >= 0.6 is 11.6 Å². The third-order valence-electron chi connectivity index (χ3n) is 3.34. The minimum atomic E-state index is -0.678. The zero-order chi connectivity index (χ0) is 14.3. The molecule has 0 radical (unpaired) electrons. The first-order chi connectivity index (χ1) is 9.44. The topological polar surface area (TPSA) is 47.9 Å². The third-order valence-corrected chi connectivity index (χ3v) is 5.90. The second kappa shape index (κ2) is 5.58. The van der Waals surface area contributed by atoms with Crippen molar-refractivity contribution in [2.75, 3.05) is 0 Å². The fourth-order valence-corrected chi connectivity index (χ4v) is 4.55. The molecule has 0 saturated carbocycles. The molecule has 20 heavy (non-hydrogen) atoms. The average Bonchev–Trinajstić information content (AvgIpc) is 2.83. The van der Waals surface area contributed by atoms with Crippen LogP contribution in [-0.4, -0.2) is 50.5 Å². The Hall–Kier alpha value is -0.131. The zero-order valence-electron chi connectivity index (χ0n) is 11.3. The number of halogens is 1. The first-order valence-electron chi connectivity index (χ1n) is 6.52. The van der Waals surface area contributed by atoms with E-state index in [1.165, 1.54) is 4.46 Å². The van der Waals surface area contributed by atoms with E-state index in [1.54, 1.807) is 0 Å². The molecular formula is C14H17ClO4Se. The van der Waals surface area contributed by atoms with Crippen LogP contribution in [0, 0.1) is 0 Å². The van der Waals surface area contributed by atoms with Crippen LogP contribution in [0.5, 0.6) is 0 Å². The molecule has 1 N–H and O–H groups in total. The normalized spacial score (nSPS) is 35.2. The second-order valence-corrected chi connectivity index (χ2v) is 8.13. The van der Waals surface area contributed by atoms with Gasteiger partial charge in [-0.1, -0.05) is 0 Å². The first kappa shape index (κ1) is 14.8. The predicted octanol–water partition coefficient (Wildman–Crippen LogP) is 1.33. The van der Waals surface area contributed by atoms with Crippen LogP contribution < -0.4 is 4.46 Å². The summed E-state index contributed by atoms with van der Waals surface area (Å²) in [4.78, 5) is 0. The van der Waals surface area contributed by atoms with Gasteiger partial charge in [-0.2, -0.15) is 0 Å². The van der Waals surface area contributed by atoms with Gasteiger partial charge in [-0.15, -0.1) is 0 Å². The van der Waals surface area contributed by atoms with E-state index in [9.17, 15) is 5.11 Å². The van der Waals surface area contributed by atoms with E-state index >= 15 is 0 Å². The van der Waals surface area contributed by atoms with Crippen LogP contribution in [-0.2, 0) is 14.2 Å². The number of aliphatic hydroxyl groups excluding tert-OH is 1. The van der Waals surface area contributed by atoms with E-state index in [2.05, 4.69) is 0 Å². The van der Waals surface area contributed by atoms with Gasteiger partial charge in [-0.3, -0.25) is 0 Å². The number of rotatable bonds is 3. The third kappa shape index (κ3) is 3.04. The van der Waals surface area contributed by atoms with E-state index < -0.39 is 18.2 Å². The molecule has 0 spiro atoms. The predicted molar refractivity (Wildman–Crippen MR) is 76.4 cm³/mol. The number of fused-ring (bicyclic) bond motifs is 1. The number of benzene rings is 1. The van der Waals surface area contributed by atoms with Gasteiger partial charge in [0.05, 0.1) is 0 Å². The summed E-state index contributed by atoms with van der Waals surface area (Å²) >= 11 is 6.09. The summed E-state index contributed by atoms with van der Waals surface area (Å²) in [6.07, 6.45) is -1.69. The Labute approximate surface area is 129 Å². The Kier molecular flexibility index (Phi) is 4.12. The van der Waals surface area contributed by atoms with Crippen molar-refractivity contribution in [2.45, 2.75) is 49.6 Å². The van der Waals surface area contributed by atoms with Crippen LogP contribution in [0.2, 0.25) is 10.3 Å². The molecule has 1 aromatic rings. The van der Waals surface area contributed by atoms with Crippen molar-refractivity contribution >= 4 is 31.0 Å². The first-order valence-corrected chi connectivity index (χ1v) is 8.97. The molecular weight excluding hydrogens is 347 g/mol. The van der Waals surface area contributed by atoms with Crippen LogP contribution in [0.3, 0.4) is 0 Å². The Bertz CT molecular complexity index is 479. The second-order valence-electron chi connectivity index (χ2n) is 5.40. The molecule has 6 heteroatoms. The zero-order valence-corrected chi connectivity index (χ0v) is 13.8. The summed E-state index contributed by atoms with van der Waals surface area (Å²) < 4.78 is 18.3. The molecule has 3 rings (SSSR count). The van der Waals surface area contributed by atoms with Crippen molar-refractivity contribution < 1.29 is 19.3 Å². The SMILES string of the molecule is CC1(C)O[C@H]2O[C@H](C[Se]c3ccc(Cl)cc3)[C@H](O)[C@H]2O1. The number of hydrogen-bond acceptors (Lipinski definition) is 4. The standard InChI is InChI=1S/C14H17ClO4Se/c1-14(2)18-12-11(16)10(17-13(12)19-14)7-20-9-5-3-8(15)4-6-9/h3-6,10-13,16H,7H2,1-2H3/t10-,11+,12-,13-/m1/s1. The van der Waals surface area contributed by atoms with Gasteiger partial charge in [0, 0.05) is 0 Å². The van der Waals surface area contributed by atoms with Gasteiger partial charge in [0.15, 0.2) is 0 Å². The van der Waals surface area contributed by atoms with Crippen LogP contribution in [0.15, 0.2) is 24.3 Å². The summed E-state index contributed by atoms with van der Waals surface area (Å²) in [6, 6.07) is 7.79. The minimum absolute atomic E-state index is 0.225. The monoisotopic (exact) mass is 364 g/mol. The van der Waals surface area contributed by atoms with Gasteiger partial charge in [0.2, 0.25) is 0 Å². The van der Waals surface area contributed by atoms with E-state index in [0.717, 1.165) is 10.3 Å². The molecule has 2 saturated heterocycles. The molecule has 0 bridgehead atoms. The van der Waals surface area contributed by atoms with Gasteiger partial charge in [-0.25, -0.2) is 0 Å². The molecule has 0 aromatic heterocycles. The van der Waals surface area contributed by atoms with Crippen LogP contribution in [0.25, 0.3) is 0 Å². The molecule has 2 fully saturated rings. The Morgan fingerprint density at radius 3 is 2.60 bits per heavy atom. The van der Waals surface area contributed by atoms with Crippen molar-refractivity contribution in [3.05, 3.63) is 29.3 Å². The molecule has 0 amide bonds. The Balaban J connectivity index is 1.57. The van der Waals surface area contributed by atoms with E-state index in [-0.39, 0.29) is 27.2 Å². The van der Waals surface area contributed by atoms with Crippen LogP contribution in [0.1, 0.15) is 13.8 Å². The molecule has 4 atom stereocenters. The van der Waals surface area contributed by atoms with Crippen LogP contribution in [0.4, 0.5) is 0 Å². The van der Waals surface area contributed by atoms with E-state index in [1.807, 2.05) is 38.1 Å². The molecule has 0 unspecified atom stereocenters. The summed E-state index contributed by atoms with van der Waals surface area (Å²) in [5, 5.41) is 11.8. The summed E-state index contributed by atoms with van der Waals surface area (Å²) in [6.45, 7) is 3.65. The average molecular weight is 364 g/mol. The number of aliphatic hydroxyl groups is 1. The quantitative estimate of drug-likeness (QED) is 0.823. The van der Waals surface area contributed by atoms with Crippen molar-refractivity contribution in [1.82, 2.24) is 0 Å². The molecule has 0 aliphatic carbocycles. The fraction of sp³-hybridized carbons (Fsp3) is 0.571. The molecule has 2 aliphatic rings. The maximum atomic E-state index is 10.3. The number of hydrogen-bond donors (Lipinski definition) is 1. The van der Waals surface area contributed by atoms with Gasteiger partial charge in [-0.05, 0) is 0 Å². The van der Waals surface area contributed by atoms with Crippen molar-refractivity contribution in [3.63, 3.8) is 0 Å². The number of ether oxygens (including phenoxy) is 3. The van der Waals surface area contributed by atoms with Crippen molar-refractivity contribution in [1.29, 1.82) is 0 Å². The molecule has 2 aliphatic heterocycles. The van der Waals surface area contributed by atoms with Crippen molar-refractivity contribution in [2.24, 2.45) is 0 Å². The van der Waals surface area contributed by atoms with E-state index in [4.69, 9.17) is 25.8 Å². The van der Waals surface area contributed by atoms with Gasteiger partial charge < -0.3 is 0 Å². The summed E-state index contributed by atoms with van der Waals surface area (Å²) in [7, 11) is 0. The molecule has 2 heterocycles. The van der Waals surface area contributed by atoms with Gasteiger partial charge >= 0.3 is 129 Å². The molecule has 1 aromatic carbocycles. The van der Waals surface area contributed by atoms with E-state index in [0.29, 0.717) is 0 Å². The molecule has 4 nitrogen and oxygen atoms in total. The summed E-state index contributed by atoms with van der Waals surface area (Å²) in [5.41, 5.74) is 0. The Morgan fingerprint density at radius 2 is 1.95 bits per heavy atom. The Morgan fingerprint density at radius 1 is 1.25 bits per heavy atom. The van der Waals surface area contributed by atoms with Gasteiger partial charge in [0.1, 0.15) is 0 Å². The van der Waals surface area contributed by atoms with Crippen molar-refractivity contribution in [3.8, 4) is 0 Å².